The molecule has 1 fully saturated rings. The van der Waals surface area contributed by atoms with Crippen molar-refractivity contribution in [2.45, 2.75) is 89.9 Å². The molecule has 1 saturated carbocycles. The fraction of sp³-hybridized carbons (Fsp3) is 0.576. The van der Waals surface area contributed by atoms with Crippen LogP contribution in [0.1, 0.15) is 89.9 Å². The SMILES string of the molecule is Cc1cc2c(c(C)c1C(F)(F)F)N(CC1CCC(CC(=O)O)CC1)CCC[C@@H]2N(Cc1cc(C(F)(F)F)cc(C(F)(F)F)c1)c1nnn(C)n1. The number of nitrogens with zero attached hydrogens (tertiary/aromatic N) is 6. The van der Waals surface area contributed by atoms with Crippen LogP contribution in [0.4, 0.5) is 51.1 Å². The third-order valence-corrected chi connectivity index (χ3v) is 9.67. The summed E-state index contributed by atoms with van der Waals surface area (Å²) in [6.07, 6.45) is -11.4. The second kappa shape index (κ2) is 13.9. The van der Waals surface area contributed by atoms with Gasteiger partial charge in [-0.3, -0.25) is 4.79 Å². The summed E-state index contributed by atoms with van der Waals surface area (Å²) < 4.78 is 126. The van der Waals surface area contributed by atoms with Crippen LogP contribution >= 0.6 is 0 Å². The molecule has 2 aromatic carbocycles. The number of alkyl halides is 9. The maximum atomic E-state index is 14.5. The monoisotopic (exact) mass is 720 g/mol. The Kier molecular flexibility index (Phi) is 10.4. The van der Waals surface area contributed by atoms with Gasteiger partial charge in [0.25, 0.3) is 5.95 Å². The number of anilines is 2. The average Bonchev–Trinajstić information content (AvgIpc) is 3.34. The van der Waals surface area contributed by atoms with Gasteiger partial charge < -0.3 is 14.9 Å². The van der Waals surface area contributed by atoms with Gasteiger partial charge >= 0.3 is 24.5 Å². The lowest BCUT2D eigenvalue weighted by atomic mass is 9.80. The Morgan fingerprint density at radius 2 is 1.48 bits per heavy atom. The van der Waals surface area contributed by atoms with Crippen LogP contribution < -0.4 is 9.80 Å². The summed E-state index contributed by atoms with van der Waals surface area (Å²) in [6, 6.07) is 1.82. The quantitative estimate of drug-likeness (QED) is 0.234. The molecule has 0 bridgehead atoms. The van der Waals surface area contributed by atoms with Gasteiger partial charge in [0, 0.05) is 31.7 Å². The molecule has 0 saturated heterocycles. The van der Waals surface area contributed by atoms with Crippen molar-refractivity contribution in [3.63, 3.8) is 0 Å². The molecule has 1 aliphatic carbocycles. The van der Waals surface area contributed by atoms with Gasteiger partial charge in [-0.05, 0) is 110 Å². The zero-order valence-electron chi connectivity index (χ0n) is 27.6. The summed E-state index contributed by atoms with van der Waals surface area (Å²) in [5.74, 6) is -0.904. The van der Waals surface area contributed by atoms with E-state index in [4.69, 9.17) is 0 Å². The zero-order valence-corrected chi connectivity index (χ0v) is 27.6. The predicted octanol–water partition coefficient (Wildman–Crippen LogP) is 8.51. The van der Waals surface area contributed by atoms with Crippen LogP contribution in [0.5, 0.6) is 0 Å². The topological polar surface area (TPSA) is 87.4 Å². The van der Waals surface area contributed by atoms with Crippen molar-refractivity contribution < 1.29 is 49.4 Å². The summed E-state index contributed by atoms with van der Waals surface area (Å²) in [4.78, 5) is 15.6. The van der Waals surface area contributed by atoms with Crippen LogP contribution in [0.25, 0.3) is 0 Å². The zero-order chi connectivity index (χ0) is 36.8. The molecule has 50 heavy (non-hydrogen) atoms. The summed E-state index contributed by atoms with van der Waals surface area (Å²) in [5.41, 5.74) is -3.57. The van der Waals surface area contributed by atoms with Crippen LogP contribution in [0.2, 0.25) is 0 Å². The molecule has 1 aliphatic heterocycles. The van der Waals surface area contributed by atoms with Gasteiger partial charge in [-0.15, -0.1) is 5.10 Å². The fourth-order valence-corrected chi connectivity index (χ4v) is 7.56. The average molecular weight is 721 g/mol. The van der Waals surface area contributed by atoms with E-state index < -0.39 is 53.8 Å². The number of rotatable bonds is 8. The second-order valence-electron chi connectivity index (χ2n) is 13.3. The first-order valence-electron chi connectivity index (χ1n) is 16.2. The number of benzene rings is 2. The number of halogens is 9. The van der Waals surface area contributed by atoms with Gasteiger partial charge in [-0.1, -0.05) is 11.2 Å². The van der Waals surface area contributed by atoms with Gasteiger partial charge in [-0.25, -0.2) is 0 Å². The van der Waals surface area contributed by atoms with Crippen LogP contribution in [-0.2, 0) is 36.9 Å². The van der Waals surface area contributed by atoms with Gasteiger partial charge in [0.15, 0.2) is 0 Å². The highest BCUT2D eigenvalue weighted by Gasteiger charge is 2.41. The molecule has 5 rings (SSSR count). The van der Waals surface area contributed by atoms with E-state index in [-0.39, 0.29) is 53.4 Å². The Balaban J connectivity index is 1.61. The lowest BCUT2D eigenvalue weighted by molar-refractivity contribution is -0.143. The highest BCUT2D eigenvalue weighted by molar-refractivity contribution is 5.68. The Morgan fingerprint density at radius 3 is 2.00 bits per heavy atom. The minimum atomic E-state index is -5.09. The minimum Gasteiger partial charge on any atom is -0.481 e. The number of hydrogen-bond acceptors (Lipinski definition) is 6. The van der Waals surface area contributed by atoms with Gasteiger partial charge in [0.05, 0.1) is 29.8 Å². The number of carbonyl (C=O) groups is 1. The molecule has 3 aromatic rings. The maximum Gasteiger partial charge on any atom is 0.416 e. The van der Waals surface area contributed by atoms with E-state index in [9.17, 15) is 49.4 Å². The van der Waals surface area contributed by atoms with Crippen molar-refractivity contribution >= 4 is 17.6 Å². The van der Waals surface area contributed by atoms with Crippen LogP contribution in [0.3, 0.4) is 0 Å². The number of aryl methyl sites for hydroxylation is 2. The van der Waals surface area contributed by atoms with Crippen LogP contribution in [0, 0.1) is 25.7 Å². The Bertz CT molecular complexity index is 1660. The van der Waals surface area contributed by atoms with Crippen molar-refractivity contribution in [2.24, 2.45) is 18.9 Å². The van der Waals surface area contributed by atoms with Crippen LogP contribution in [-0.4, -0.2) is 44.4 Å². The van der Waals surface area contributed by atoms with E-state index in [2.05, 4.69) is 15.4 Å². The highest BCUT2D eigenvalue weighted by Crippen LogP contribution is 2.47. The number of fused-ring (bicyclic) bond motifs is 1. The molecule has 1 atom stereocenters. The second-order valence-corrected chi connectivity index (χ2v) is 13.3. The van der Waals surface area contributed by atoms with E-state index in [1.54, 1.807) is 0 Å². The number of hydrogen-bond donors (Lipinski definition) is 1. The molecule has 8 nitrogen and oxygen atoms in total. The van der Waals surface area contributed by atoms with Crippen molar-refractivity contribution in [3.05, 3.63) is 63.2 Å². The predicted molar refractivity (Wildman–Crippen MR) is 164 cm³/mol. The van der Waals surface area contributed by atoms with E-state index in [1.165, 1.54) is 31.9 Å². The molecule has 2 heterocycles. The molecular formula is C33H37F9N6O2. The normalized spacial score (nSPS) is 20.4. The molecule has 1 N–H and O–H groups in total. The smallest absolute Gasteiger partial charge is 0.416 e. The number of aliphatic carboxylic acids is 1. The van der Waals surface area contributed by atoms with Gasteiger partial charge in [-0.2, -0.15) is 44.3 Å². The maximum absolute atomic E-state index is 14.5. The lowest BCUT2D eigenvalue weighted by Gasteiger charge is -2.37. The van der Waals surface area contributed by atoms with Gasteiger partial charge in [0.2, 0.25) is 0 Å². The third-order valence-electron chi connectivity index (χ3n) is 9.67. The molecule has 0 unspecified atom stereocenters. The van der Waals surface area contributed by atoms with Crippen molar-refractivity contribution in [2.75, 3.05) is 22.9 Å². The highest BCUT2D eigenvalue weighted by atomic mass is 19.4. The third kappa shape index (κ3) is 8.28. The number of aromatic nitrogens is 4. The lowest BCUT2D eigenvalue weighted by Crippen LogP contribution is -2.34. The fourth-order valence-electron chi connectivity index (χ4n) is 7.56. The largest absolute Gasteiger partial charge is 0.481 e. The molecule has 0 amide bonds. The Hall–Kier alpha value is -4.05. The molecule has 2 aliphatic rings. The first-order chi connectivity index (χ1) is 23.2. The summed E-state index contributed by atoms with van der Waals surface area (Å²) >= 11 is 0. The Labute approximate surface area is 282 Å². The van der Waals surface area contributed by atoms with Crippen molar-refractivity contribution in [1.29, 1.82) is 0 Å². The van der Waals surface area contributed by atoms with Crippen molar-refractivity contribution in [3.8, 4) is 0 Å². The van der Waals surface area contributed by atoms with E-state index in [1.807, 2.05) is 4.90 Å². The number of carboxylic acids is 1. The first kappa shape index (κ1) is 37.2. The van der Waals surface area contributed by atoms with E-state index in [0.29, 0.717) is 68.6 Å². The summed E-state index contributed by atoms with van der Waals surface area (Å²) in [5, 5.41) is 21.3. The van der Waals surface area contributed by atoms with Gasteiger partial charge in [0.1, 0.15) is 0 Å². The summed E-state index contributed by atoms with van der Waals surface area (Å²) in [6.45, 7) is 2.89. The molecule has 1 aromatic heterocycles. The Morgan fingerprint density at radius 1 is 0.880 bits per heavy atom. The number of carboxylic acid groups (broad SMARTS) is 1. The molecule has 274 valence electrons. The molecule has 17 heteroatoms. The molecular weight excluding hydrogens is 683 g/mol. The minimum absolute atomic E-state index is 0.0209. The summed E-state index contributed by atoms with van der Waals surface area (Å²) in [7, 11) is 1.43. The molecule has 0 spiro atoms. The molecule has 0 radical (unpaired) electrons. The van der Waals surface area contributed by atoms with Crippen molar-refractivity contribution in [1.82, 2.24) is 20.2 Å². The first-order valence-corrected chi connectivity index (χ1v) is 16.2. The van der Waals surface area contributed by atoms with Crippen LogP contribution in [0.15, 0.2) is 24.3 Å². The standard InChI is InChI=1S/C33H37F9N6O2/c1-18-11-25-26(48(30-43-45-46(3)44-30)17-22-12-23(31(34,35)36)15-24(13-22)32(37,38)39)5-4-10-47(29(25)19(2)28(18)33(40,41)42)16-21-8-6-20(7-9-21)14-27(49)50/h11-13,15,20-21,26H,4-10,14,16-17H2,1-3H3,(H,49,50)/t20?,21?,26-/m0/s1. The van der Waals surface area contributed by atoms with E-state index in [0.717, 1.165) is 4.80 Å². The van der Waals surface area contributed by atoms with E-state index >= 15 is 0 Å². The number of tetrazole rings is 1.